The molecule has 0 aromatic heterocycles. The Hall–Kier alpha value is -2.49. The molecule has 0 heterocycles. The molecule has 2 aromatic carbocycles. The summed E-state index contributed by atoms with van der Waals surface area (Å²) in [7, 11) is 3.32. The Kier molecular flexibility index (Phi) is 4.25. The number of benzene rings is 2. The molecule has 1 amide bonds. The number of ether oxygens (including phenoxy) is 1. The number of nitrogens with two attached hydrogens (primary N) is 1. The van der Waals surface area contributed by atoms with E-state index in [4.69, 9.17) is 10.5 Å². The minimum absolute atomic E-state index is 0.0838. The standard InChI is InChI=1S/C16H18N2O2/c1-18(11-12-6-4-3-5-7-12)16(19)13-8-14(17)10-15(9-13)20-2/h3-10H,11,17H2,1-2H3. The molecule has 0 radical (unpaired) electrons. The molecule has 0 fully saturated rings. The Labute approximate surface area is 118 Å². The number of amides is 1. The van der Waals surface area contributed by atoms with E-state index in [0.717, 1.165) is 5.56 Å². The quantitative estimate of drug-likeness (QED) is 0.869. The van der Waals surface area contributed by atoms with Crippen LogP contribution in [0, 0.1) is 0 Å². The van der Waals surface area contributed by atoms with Gasteiger partial charge in [0, 0.05) is 30.9 Å². The number of nitrogen functional groups attached to an aromatic ring is 1. The lowest BCUT2D eigenvalue weighted by Gasteiger charge is -2.18. The average Bonchev–Trinajstić information content (AvgIpc) is 2.46. The van der Waals surface area contributed by atoms with Crippen LogP contribution in [0.25, 0.3) is 0 Å². The highest BCUT2D eigenvalue weighted by Gasteiger charge is 2.13. The summed E-state index contributed by atoms with van der Waals surface area (Å²) in [6, 6.07) is 14.9. The van der Waals surface area contributed by atoms with Crippen molar-refractivity contribution < 1.29 is 9.53 Å². The van der Waals surface area contributed by atoms with E-state index in [9.17, 15) is 4.79 Å². The van der Waals surface area contributed by atoms with E-state index in [0.29, 0.717) is 23.5 Å². The van der Waals surface area contributed by atoms with Crippen LogP contribution in [0.5, 0.6) is 5.75 Å². The van der Waals surface area contributed by atoms with Gasteiger partial charge in [-0.05, 0) is 17.7 Å². The molecule has 2 aromatic rings. The summed E-state index contributed by atoms with van der Waals surface area (Å²) in [5, 5.41) is 0. The van der Waals surface area contributed by atoms with E-state index in [-0.39, 0.29) is 5.91 Å². The zero-order valence-corrected chi connectivity index (χ0v) is 11.7. The first kappa shape index (κ1) is 13.9. The minimum Gasteiger partial charge on any atom is -0.497 e. The molecular formula is C16H18N2O2. The normalized spacial score (nSPS) is 10.1. The Balaban J connectivity index is 2.16. The maximum Gasteiger partial charge on any atom is 0.254 e. The fourth-order valence-electron chi connectivity index (χ4n) is 2.01. The third-order valence-electron chi connectivity index (χ3n) is 3.02. The van der Waals surface area contributed by atoms with Crippen LogP contribution in [-0.2, 0) is 6.54 Å². The number of carbonyl (C=O) groups excluding carboxylic acids is 1. The molecule has 0 aliphatic heterocycles. The number of nitrogens with zero attached hydrogens (tertiary/aromatic N) is 1. The molecular weight excluding hydrogens is 252 g/mol. The highest BCUT2D eigenvalue weighted by Crippen LogP contribution is 2.20. The number of methoxy groups -OCH3 is 1. The molecule has 0 bridgehead atoms. The summed E-state index contributed by atoms with van der Waals surface area (Å²) in [6.45, 7) is 0.552. The first-order valence-electron chi connectivity index (χ1n) is 6.34. The molecule has 2 rings (SSSR count). The lowest BCUT2D eigenvalue weighted by molar-refractivity contribution is 0.0785. The monoisotopic (exact) mass is 270 g/mol. The third-order valence-corrected chi connectivity index (χ3v) is 3.02. The molecule has 2 N–H and O–H groups in total. The number of anilines is 1. The second-order valence-electron chi connectivity index (χ2n) is 4.64. The first-order valence-corrected chi connectivity index (χ1v) is 6.34. The van der Waals surface area contributed by atoms with Crippen LogP contribution in [0.1, 0.15) is 15.9 Å². The first-order chi connectivity index (χ1) is 9.60. The van der Waals surface area contributed by atoms with Crippen LogP contribution in [0.4, 0.5) is 5.69 Å². The number of hydrogen-bond donors (Lipinski definition) is 1. The SMILES string of the molecule is COc1cc(N)cc(C(=O)N(C)Cc2ccccc2)c1. The molecule has 4 heteroatoms. The molecule has 0 spiro atoms. The van der Waals surface area contributed by atoms with Crippen LogP contribution < -0.4 is 10.5 Å². The van der Waals surface area contributed by atoms with Gasteiger partial charge < -0.3 is 15.4 Å². The molecule has 0 unspecified atom stereocenters. The van der Waals surface area contributed by atoms with Gasteiger partial charge in [0.15, 0.2) is 0 Å². The summed E-state index contributed by atoms with van der Waals surface area (Å²) in [5.41, 5.74) is 7.90. The molecule has 4 nitrogen and oxygen atoms in total. The van der Waals surface area contributed by atoms with Gasteiger partial charge in [-0.1, -0.05) is 30.3 Å². The topological polar surface area (TPSA) is 55.6 Å². The van der Waals surface area contributed by atoms with Crippen molar-refractivity contribution in [1.29, 1.82) is 0 Å². The average molecular weight is 270 g/mol. The van der Waals surface area contributed by atoms with Gasteiger partial charge in [0.1, 0.15) is 5.75 Å². The van der Waals surface area contributed by atoms with E-state index in [1.165, 1.54) is 0 Å². The summed E-state index contributed by atoms with van der Waals surface area (Å²) < 4.78 is 5.13. The fraction of sp³-hybridized carbons (Fsp3) is 0.188. The van der Waals surface area contributed by atoms with Crippen molar-refractivity contribution in [2.75, 3.05) is 19.9 Å². The van der Waals surface area contributed by atoms with Gasteiger partial charge in [-0.25, -0.2) is 0 Å². The second kappa shape index (κ2) is 6.10. The third kappa shape index (κ3) is 3.29. The predicted octanol–water partition coefficient (Wildman–Crippen LogP) is 2.55. The van der Waals surface area contributed by atoms with E-state index >= 15 is 0 Å². The molecule has 0 saturated carbocycles. The zero-order chi connectivity index (χ0) is 14.5. The molecule has 0 saturated heterocycles. The second-order valence-corrected chi connectivity index (χ2v) is 4.64. The van der Waals surface area contributed by atoms with Crippen LogP contribution >= 0.6 is 0 Å². The van der Waals surface area contributed by atoms with Crippen molar-refractivity contribution in [1.82, 2.24) is 4.90 Å². The lowest BCUT2D eigenvalue weighted by atomic mass is 10.1. The molecule has 0 aliphatic carbocycles. The van der Waals surface area contributed by atoms with Crippen LogP contribution in [-0.4, -0.2) is 25.0 Å². The van der Waals surface area contributed by atoms with E-state index in [1.807, 2.05) is 30.3 Å². The van der Waals surface area contributed by atoms with Gasteiger partial charge in [-0.15, -0.1) is 0 Å². The van der Waals surface area contributed by atoms with Gasteiger partial charge in [0.2, 0.25) is 0 Å². The maximum atomic E-state index is 12.4. The molecule has 0 atom stereocenters. The Morgan fingerprint density at radius 3 is 2.55 bits per heavy atom. The lowest BCUT2D eigenvalue weighted by Crippen LogP contribution is -2.26. The van der Waals surface area contributed by atoms with Crippen molar-refractivity contribution >= 4 is 11.6 Å². The van der Waals surface area contributed by atoms with E-state index < -0.39 is 0 Å². The highest BCUT2D eigenvalue weighted by molar-refractivity contribution is 5.95. The van der Waals surface area contributed by atoms with Crippen LogP contribution in [0.3, 0.4) is 0 Å². The van der Waals surface area contributed by atoms with Gasteiger partial charge in [-0.2, -0.15) is 0 Å². The maximum absolute atomic E-state index is 12.4. The van der Waals surface area contributed by atoms with Crippen molar-refractivity contribution in [3.05, 3.63) is 59.7 Å². The summed E-state index contributed by atoms with van der Waals surface area (Å²) >= 11 is 0. The molecule has 104 valence electrons. The van der Waals surface area contributed by atoms with Crippen molar-refractivity contribution in [2.24, 2.45) is 0 Å². The Morgan fingerprint density at radius 2 is 1.90 bits per heavy atom. The van der Waals surface area contributed by atoms with Gasteiger partial charge in [0.05, 0.1) is 7.11 Å². The Morgan fingerprint density at radius 1 is 1.20 bits per heavy atom. The number of carbonyl (C=O) groups is 1. The van der Waals surface area contributed by atoms with Gasteiger partial charge >= 0.3 is 0 Å². The van der Waals surface area contributed by atoms with Gasteiger partial charge in [-0.3, -0.25) is 4.79 Å². The molecule has 0 aliphatic rings. The highest BCUT2D eigenvalue weighted by atomic mass is 16.5. The number of hydrogen-bond acceptors (Lipinski definition) is 3. The largest absolute Gasteiger partial charge is 0.497 e. The summed E-state index contributed by atoms with van der Waals surface area (Å²) in [4.78, 5) is 14.0. The van der Waals surface area contributed by atoms with E-state index in [2.05, 4.69) is 0 Å². The van der Waals surface area contributed by atoms with Crippen LogP contribution in [0.2, 0.25) is 0 Å². The fourth-order valence-corrected chi connectivity index (χ4v) is 2.01. The van der Waals surface area contributed by atoms with Crippen molar-refractivity contribution in [3.63, 3.8) is 0 Å². The number of rotatable bonds is 4. The summed E-state index contributed by atoms with van der Waals surface area (Å²) in [6.07, 6.45) is 0. The predicted molar refractivity (Wildman–Crippen MR) is 79.6 cm³/mol. The van der Waals surface area contributed by atoms with Gasteiger partial charge in [0.25, 0.3) is 5.91 Å². The summed E-state index contributed by atoms with van der Waals surface area (Å²) in [5.74, 6) is 0.501. The smallest absolute Gasteiger partial charge is 0.254 e. The van der Waals surface area contributed by atoms with Crippen molar-refractivity contribution in [3.8, 4) is 5.75 Å². The van der Waals surface area contributed by atoms with E-state index in [1.54, 1.807) is 37.3 Å². The Bertz CT molecular complexity index is 597. The van der Waals surface area contributed by atoms with Crippen LogP contribution in [0.15, 0.2) is 48.5 Å². The minimum atomic E-state index is -0.0838. The molecule has 20 heavy (non-hydrogen) atoms. The zero-order valence-electron chi connectivity index (χ0n) is 11.7. The van der Waals surface area contributed by atoms with Crippen molar-refractivity contribution in [2.45, 2.75) is 6.54 Å².